The van der Waals surface area contributed by atoms with Crippen molar-refractivity contribution in [3.63, 3.8) is 0 Å². The van der Waals surface area contributed by atoms with Gasteiger partial charge in [-0.15, -0.1) is 0 Å². The first kappa shape index (κ1) is 19.7. The Balaban J connectivity index is 1.57. The van der Waals surface area contributed by atoms with Crippen LogP contribution in [-0.4, -0.2) is 68.0 Å². The monoisotopic (exact) mass is 406 g/mol. The fourth-order valence-corrected chi connectivity index (χ4v) is 3.50. The van der Waals surface area contributed by atoms with Crippen molar-refractivity contribution in [2.75, 3.05) is 13.2 Å². The van der Waals surface area contributed by atoms with Gasteiger partial charge in [0.15, 0.2) is 0 Å². The number of hydrogen-bond acceptors (Lipinski definition) is 9. The summed E-state index contributed by atoms with van der Waals surface area (Å²) in [5, 5.41) is 59.6. The summed E-state index contributed by atoms with van der Waals surface area (Å²) in [7, 11) is 0. The number of phenolic OH excluding ortho intramolecular Hbond substituents is 2. The lowest BCUT2D eigenvalue weighted by molar-refractivity contribution is -0.115. The molecule has 2 heterocycles. The smallest absolute Gasteiger partial charge is 0.229 e. The number of ether oxygens (including phenoxy) is 3. The Morgan fingerprint density at radius 2 is 1.83 bits per heavy atom. The number of benzene rings is 2. The highest BCUT2D eigenvalue weighted by Crippen LogP contribution is 2.43. The number of aliphatic hydroxyl groups is 4. The van der Waals surface area contributed by atoms with Crippen LogP contribution in [-0.2, 0) is 11.2 Å². The van der Waals surface area contributed by atoms with Crippen molar-refractivity contribution in [3.05, 3.63) is 47.5 Å². The highest BCUT2D eigenvalue weighted by atomic mass is 16.7. The molecule has 0 unspecified atom stereocenters. The second-order valence-electron chi connectivity index (χ2n) is 7.32. The number of rotatable bonds is 4. The van der Waals surface area contributed by atoms with Crippen LogP contribution in [0.4, 0.5) is 0 Å². The van der Waals surface area contributed by atoms with Gasteiger partial charge in [-0.3, -0.25) is 0 Å². The topological polar surface area (TPSA) is 149 Å². The lowest BCUT2D eigenvalue weighted by Gasteiger charge is -2.32. The molecule has 4 rings (SSSR count). The Hall–Kier alpha value is -2.56. The molecule has 2 aromatic rings. The van der Waals surface area contributed by atoms with Crippen LogP contribution in [0.1, 0.15) is 17.2 Å². The highest BCUT2D eigenvalue weighted by molar-refractivity contribution is 5.52. The molecule has 9 heteroatoms. The molecule has 0 aromatic heterocycles. The quantitative estimate of drug-likeness (QED) is 0.411. The molecule has 29 heavy (non-hydrogen) atoms. The van der Waals surface area contributed by atoms with E-state index in [1.54, 1.807) is 12.1 Å². The Morgan fingerprint density at radius 3 is 2.48 bits per heavy atom. The fourth-order valence-electron chi connectivity index (χ4n) is 3.50. The van der Waals surface area contributed by atoms with Gasteiger partial charge in [0.1, 0.15) is 40.8 Å². The van der Waals surface area contributed by atoms with Crippen LogP contribution in [0, 0.1) is 0 Å². The van der Waals surface area contributed by atoms with E-state index in [4.69, 9.17) is 14.2 Å². The summed E-state index contributed by atoms with van der Waals surface area (Å²) in [6.45, 7) is -1.00. The average Bonchev–Trinajstić information content (AvgIpc) is 2.98. The van der Waals surface area contributed by atoms with Crippen molar-refractivity contribution in [3.8, 4) is 23.0 Å². The van der Waals surface area contributed by atoms with E-state index >= 15 is 0 Å². The zero-order valence-electron chi connectivity index (χ0n) is 15.3. The maximum absolute atomic E-state index is 10.4. The molecule has 2 aliphatic rings. The predicted molar refractivity (Wildman–Crippen MR) is 97.7 cm³/mol. The van der Waals surface area contributed by atoms with Crippen LogP contribution in [0.5, 0.6) is 23.0 Å². The van der Waals surface area contributed by atoms with Gasteiger partial charge in [-0.25, -0.2) is 0 Å². The van der Waals surface area contributed by atoms with E-state index < -0.39 is 36.8 Å². The van der Waals surface area contributed by atoms with E-state index in [1.165, 1.54) is 24.3 Å². The maximum Gasteiger partial charge on any atom is 0.229 e. The molecule has 0 bridgehead atoms. The molecular weight excluding hydrogens is 384 g/mol. The van der Waals surface area contributed by atoms with Crippen LogP contribution in [0.15, 0.2) is 36.4 Å². The van der Waals surface area contributed by atoms with Gasteiger partial charge in [0, 0.05) is 24.1 Å². The third-order valence-corrected chi connectivity index (χ3v) is 5.23. The fraction of sp³-hybridized carbons (Fsp3) is 0.400. The third kappa shape index (κ3) is 3.59. The number of fused-ring (bicyclic) bond motifs is 1. The van der Waals surface area contributed by atoms with E-state index in [-0.39, 0.29) is 36.0 Å². The lowest BCUT2D eigenvalue weighted by Crippen LogP contribution is -2.48. The zero-order chi connectivity index (χ0) is 20.8. The molecule has 5 atom stereocenters. The standard InChI is InChI=1S/C20H22O9/c21-8-20(26)9-27-19(18(20)25)28-12-5-14(23)13-7-15(24)17(29-16(13)6-12)10-1-3-11(22)4-2-10/h1-6,15,17-19,21-26H,7-9H2/t15-,17+,18-,19-,20-/m0/s1. The number of hydrogen-bond donors (Lipinski definition) is 6. The van der Waals surface area contributed by atoms with E-state index in [1.807, 2.05) is 0 Å². The minimum Gasteiger partial charge on any atom is -0.508 e. The summed E-state index contributed by atoms with van der Waals surface area (Å²) in [6.07, 6.45) is -4.22. The summed E-state index contributed by atoms with van der Waals surface area (Å²) in [5.41, 5.74) is -0.778. The number of phenols is 2. The minimum atomic E-state index is -1.83. The molecule has 0 aliphatic carbocycles. The van der Waals surface area contributed by atoms with E-state index in [2.05, 4.69) is 0 Å². The Bertz CT molecular complexity index is 884. The molecule has 1 fully saturated rings. The van der Waals surface area contributed by atoms with Gasteiger partial charge in [0.25, 0.3) is 0 Å². The summed E-state index contributed by atoms with van der Waals surface area (Å²) < 4.78 is 16.6. The van der Waals surface area contributed by atoms with Gasteiger partial charge in [-0.1, -0.05) is 12.1 Å². The average molecular weight is 406 g/mol. The SMILES string of the molecule is OC[C@]1(O)CO[C@@H](Oc2cc(O)c3c(c2)O[C@H](c2ccc(O)cc2)[C@@H](O)C3)[C@@H]1O. The first-order valence-electron chi connectivity index (χ1n) is 9.10. The van der Waals surface area contributed by atoms with Crippen LogP contribution < -0.4 is 9.47 Å². The number of aromatic hydroxyl groups is 2. The molecule has 2 aromatic carbocycles. The molecule has 2 aliphatic heterocycles. The Labute approximate surface area is 166 Å². The summed E-state index contributed by atoms with van der Waals surface area (Å²) in [6, 6.07) is 9.01. The molecule has 6 N–H and O–H groups in total. The molecule has 9 nitrogen and oxygen atoms in total. The first-order chi connectivity index (χ1) is 13.8. The van der Waals surface area contributed by atoms with Crippen molar-refractivity contribution in [1.29, 1.82) is 0 Å². The van der Waals surface area contributed by atoms with E-state index in [0.29, 0.717) is 11.1 Å². The minimum absolute atomic E-state index is 0.0886. The largest absolute Gasteiger partial charge is 0.508 e. The van der Waals surface area contributed by atoms with Crippen LogP contribution >= 0.6 is 0 Å². The molecular formula is C20H22O9. The maximum atomic E-state index is 10.4. The van der Waals surface area contributed by atoms with E-state index in [0.717, 1.165) is 0 Å². The van der Waals surface area contributed by atoms with Crippen molar-refractivity contribution in [1.82, 2.24) is 0 Å². The van der Waals surface area contributed by atoms with Crippen LogP contribution in [0.25, 0.3) is 0 Å². The molecule has 0 spiro atoms. The molecule has 156 valence electrons. The van der Waals surface area contributed by atoms with Gasteiger partial charge in [0.05, 0.1) is 19.3 Å². The van der Waals surface area contributed by atoms with E-state index in [9.17, 15) is 30.6 Å². The summed E-state index contributed by atoms with van der Waals surface area (Å²) >= 11 is 0. The van der Waals surface area contributed by atoms with Crippen LogP contribution in [0.2, 0.25) is 0 Å². The van der Waals surface area contributed by atoms with Gasteiger partial charge >= 0.3 is 0 Å². The van der Waals surface area contributed by atoms with Crippen molar-refractivity contribution >= 4 is 0 Å². The highest BCUT2D eigenvalue weighted by Gasteiger charge is 2.49. The van der Waals surface area contributed by atoms with Crippen molar-refractivity contribution < 1.29 is 44.8 Å². The molecule has 1 saturated heterocycles. The Kier molecular flexibility index (Phi) is 5.01. The van der Waals surface area contributed by atoms with Crippen LogP contribution in [0.3, 0.4) is 0 Å². The summed E-state index contributed by atoms with van der Waals surface area (Å²) in [4.78, 5) is 0. The van der Waals surface area contributed by atoms with Gasteiger partial charge in [0.2, 0.25) is 6.29 Å². The van der Waals surface area contributed by atoms with Gasteiger partial charge < -0.3 is 44.8 Å². The molecule has 0 radical (unpaired) electrons. The van der Waals surface area contributed by atoms with Crippen molar-refractivity contribution in [2.45, 2.75) is 36.6 Å². The second-order valence-corrected chi connectivity index (χ2v) is 7.32. The lowest BCUT2D eigenvalue weighted by atomic mass is 9.94. The van der Waals surface area contributed by atoms with Gasteiger partial charge in [-0.05, 0) is 17.7 Å². The van der Waals surface area contributed by atoms with Crippen molar-refractivity contribution in [2.24, 2.45) is 0 Å². The summed E-state index contributed by atoms with van der Waals surface area (Å²) in [5.74, 6) is 0.331. The second kappa shape index (κ2) is 7.36. The Morgan fingerprint density at radius 1 is 1.10 bits per heavy atom. The first-order valence-corrected chi connectivity index (χ1v) is 9.10. The molecule has 0 saturated carbocycles. The zero-order valence-corrected chi connectivity index (χ0v) is 15.3. The predicted octanol–water partition coefficient (Wildman–Crippen LogP) is -0.0457. The normalized spacial score (nSPS) is 31.2. The number of aliphatic hydroxyl groups excluding tert-OH is 3. The molecule has 0 amide bonds. The third-order valence-electron chi connectivity index (χ3n) is 5.23. The van der Waals surface area contributed by atoms with Gasteiger partial charge in [-0.2, -0.15) is 0 Å².